The van der Waals surface area contributed by atoms with Crippen LogP contribution in [-0.4, -0.2) is 30.5 Å². The minimum absolute atomic E-state index is 0.0496. The number of aromatic nitrogens is 5. The van der Waals surface area contributed by atoms with Crippen molar-refractivity contribution in [2.45, 2.75) is 13.8 Å². The highest BCUT2D eigenvalue weighted by Crippen LogP contribution is 2.30. The zero-order chi connectivity index (χ0) is 21.4. The SMILES string of the molecule is Cc1cc(C)n(-c2ccc(Nc3cn(-c4c(Cl)cccc4Cl)nc3C(N)=O)cn2)n1. The summed E-state index contributed by atoms with van der Waals surface area (Å²) < 4.78 is 3.18. The van der Waals surface area contributed by atoms with Crippen molar-refractivity contribution in [3.05, 3.63) is 75.9 Å². The number of amides is 1. The lowest BCUT2D eigenvalue weighted by Gasteiger charge is -2.07. The second kappa shape index (κ2) is 7.81. The summed E-state index contributed by atoms with van der Waals surface area (Å²) in [6.07, 6.45) is 3.23. The van der Waals surface area contributed by atoms with E-state index in [2.05, 4.69) is 20.5 Å². The Morgan fingerprint density at radius 1 is 1.10 bits per heavy atom. The van der Waals surface area contributed by atoms with Crippen molar-refractivity contribution in [3.8, 4) is 11.5 Å². The molecule has 4 aromatic rings. The largest absolute Gasteiger partial charge is 0.364 e. The Morgan fingerprint density at radius 2 is 1.83 bits per heavy atom. The summed E-state index contributed by atoms with van der Waals surface area (Å²) in [4.78, 5) is 16.4. The minimum Gasteiger partial charge on any atom is -0.364 e. The molecule has 0 bridgehead atoms. The van der Waals surface area contributed by atoms with Crippen molar-refractivity contribution in [3.63, 3.8) is 0 Å². The standard InChI is InChI=1S/C20H17Cl2N7O/c1-11-8-12(2)29(26-11)17-7-6-13(9-24-17)25-16-10-28(27-18(16)20(23)30)19-14(21)4-3-5-15(19)22/h3-10,25H,1-2H3,(H2,23,30). The van der Waals surface area contributed by atoms with Gasteiger partial charge >= 0.3 is 0 Å². The van der Waals surface area contributed by atoms with Crippen LogP contribution >= 0.6 is 23.2 Å². The van der Waals surface area contributed by atoms with Crippen LogP contribution in [-0.2, 0) is 0 Å². The number of carbonyl (C=O) groups is 1. The molecule has 4 rings (SSSR count). The van der Waals surface area contributed by atoms with Crippen molar-refractivity contribution in [1.82, 2.24) is 24.5 Å². The summed E-state index contributed by atoms with van der Waals surface area (Å²) >= 11 is 12.5. The van der Waals surface area contributed by atoms with Crippen LogP contribution in [0.2, 0.25) is 10.0 Å². The first-order valence-electron chi connectivity index (χ1n) is 8.94. The third-order valence-electron chi connectivity index (χ3n) is 4.37. The molecule has 0 saturated carbocycles. The van der Waals surface area contributed by atoms with Gasteiger partial charge in [-0.3, -0.25) is 4.79 Å². The lowest BCUT2D eigenvalue weighted by atomic mass is 10.3. The van der Waals surface area contributed by atoms with Crippen LogP contribution in [0.15, 0.2) is 48.8 Å². The third-order valence-corrected chi connectivity index (χ3v) is 4.98. The van der Waals surface area contributed by atoms with Gasteiger partial charge in [-0.2, -0.15) is 10.2 Å². The van der Waals surface area contributed by atoms with E-state index in [-0.39, 0.29) is 5.69 Å². The molecule has 0 saturated heterocycles. The molecule has 0 fully saturated rings. The molecule has 0 aliphatic carbocycles. The lowest BCUT2D eigenvalue weighted by molar-refractivity contribution is 0.0996. The Bertz CT molecular complexity index is 1220. The highest BCUT2D eigenvalue weighted by Gasteiger charge is 2.18. The number of carbonyl (C=O) groups excluding carboxylic acids is 1. The number of anilines is 2. The fourth-order valence-electron chi connectivity index (χ4n) is 3.07. The van der Waals surface area contributed by atoms with Crippen molar-refractivity contribution >= 4 is 40.5 Å². The minimum atomic E-state index is -0.688. The molecule has 1 aromatic carbocycles. The van der Waals surface area contributed by atoms with Crippen molar-refractivity contribution in [2.24, 2.45) is 5.73 Å². The number of benzene rings is 1. The lowest BCUT2D eigenvalue weighted by Crippen LogP contribution is -2.14. The molecule has 3 heterocycles. The molecule has 0 radical (unpaired) electrons. The van der Waals surface area contributed by atoms with Gasteiger partial charge < -0.3 is 11.1 Å². The highest BCUT2D eigenvalue weighted by molar-refractivity contribution is 6.37. The van der Waals surface area contributed by atoms with E-state index in [1.165, 1.54) is 4.68 Å². The monoisotopic (exact) mass is 441 g/mol. The molecule has 0 spiro atoms. The third kappa shape index (κ3) is 3.74. The Morgan fingerprint density at radius 3 is 2.40 bits per heavy atom. The fraction of sp³-hybridized carbons (Fsp3) is 0.100. The summed E-state index contributed by atoms with van der Waals surface area (Å²) in [7, 11) is 0. The number of aryl methyl sites for hydroxylation is 2. The molecular formula is C20H17Cl2N7O. The quantitative estimate of drug-likeness (QED) is 0.482. The Kier molecular flexibility index (Phi) is 5.19. The van der Waals surface area contributed by atoms with Gasteiger partial charge in [0, 0.05) is 5.69 Å². The number of nitrogens with two attached hydrogens (primary N) is 1. The maximum Gasteiger partial charge on any atom is 0.271 e. The first-order chi connectivity index (χ1) is 14.3. The van der Waals surface area contributed by atoms with Gasteiger partial charge in [-0.05, 0) is 44.2 Å². The van der Waals surface area contributed by atoms with Crippen LogP contribution in [0.3, 0.4) is 0 Å². The van der Waals surface area contributed by atoms with Crippen LogP contribution in [0.1, 0.15) is 21.9 Å². The number of nitrogens with one attached hydrogen (secondary N) is 1. The molecular weight excluding hydrogens is 425 g/mol. The van der Waals surface area contributed by atoms with E-state index < -0.39 is 5.91 Å². The van der Waals surface area contributed by atoms with Crippen LogP contribution < -0.4 is 11.1 Å². The molecule has 3 aromatic heterocycles. The van der Waals surface area contributed by atoms with Crippen LogP contribution in [0.4, 0.5) is 11.4 Å². The van der Waals surface area contributed by atoms with E-state index in [1.54, 1.807) is 35.3 Å². The first kappa shape index (κ1) is 19.9. The molecule has 0 aliphatic heterocycles. The molecule has 8 nitrogen and oxygen atoms in total. The summed E-state index contributed by atoms with van der Waals surface area (Å²) in [5.41, 5.74) is 8.95. The second-order valence-corrected chi connectivity index (χ2v) is 7.45. The van der Waals surface area contributed by atoms with Gasteiger partial charge in [-0.1, -0.05) is 29.3 Å². The molecule has 10 heteroatoms. The normalized spacial score (nSPS) is 10.9. The number of hydrogen-bond donors (Lipinski definition) is 2. The molecule has 30 heavy (non-hydrogen) atoms. The van der Waals surface area contributed by atoms with E-state index >= 15 is 0 Å². The zero-order valence-electron chi connectivity index (χ0n) is 16.1. The van der Waals surface area contributed by atoms with Crippen LogP contribution in [0, 0.1) is 13.8 Å². The Labute approximate surface area is 182 Å². The van der Waals surface area contributed by atoms with Crippen molar-refractivity contribution in [1.29, 1.82) is 0 Å². The number of pyridine rings is 1. The number of nitrogens with zero attached hydrogens (tertiary/aromatic N) is 5. The first-order valence-corrected chi connectivity index (χ1v) is 9.69. The summed E-state index contributed by atoms with van der Waals surface area (Å²) in [5.74, 6) is -0.00790. The molecule has 152 valence electrons. The smallest absolute Gasteiger partial charge is 0.271 e. The van der Waals surface area contributed by atoms with Gasteiger partial charge in [0.05, 0.1) is 39.5 Å². The molecule has 3 N–H and O–H groups in total. The predicted molar refractivity (Wildman–Crippen MR) is 116 cm³/mol. The summed E-state index contributed by atoms with van der Waals surface area (Å²) in [6, 6.07) is 10.7. The van der Waals surface area contributed by atoms with Crippen LogP contribution in [0.25, 0.3) is 11.5 Å². The Hall–Kier alpha value is -3.36. The van der Waals surface area contributed by atoms with Gasteiger partial charge in [-0.15, -0.1) is 0 Å². The zero-order valence-corrected chi connectivity index (χ0v) is 17.6. The summed E-state index contributed by atoms with van der Waals surface area (Å²) in [6.45, 7) is 3.88. The maximum atomic E-state index is 11.9. The van der Waals surface area contributed by atoms with Gasteiger partial charge in [0.15, 0.2) is 11.5 Å². The Balaban J connectivity index is 1.67. The number of hydrogen-bond acceptors (Lipinski definition) is 5. The maximum absolute atomic E-state index is 11.9. The molecule has 0 atom stereocenters. The molecule has 1 amide bonds. The summed E-state index contributed by atoms with van der Waals surface area (Å²) in [5, 5.41) is 12.6. The average Bonchev–Trinajstić information content (AvgIpc) is 3.25. The van der Waals surface area contributed by atoms with E-state index in [0.29, 0.717) is 32.9 Å². The van der Waals surface area contributed by atoms with E-state index in [0.717, 1.165) is 11.4 Å². The fourth-order valence-corrected chi connectivity index (χ4v) is 3.64. The van der Waals surface area contributed by atoms with Gasteiger partial charge in [-0.25, -0.2) is 14.3 Å². The number of para-hydroxylation sites is 1. The van der Waals surface area contributed by atoms with Crippen molar-refractivity contribution in [2.75, 3.05) is 5.32 Å². The topological polar surface area (TPSA) is 104 Å². The van der Waals surface area contributed by atoms with E-state index in [1.807, 2.05) is 32.0 Å². The predicted octanol–water partition coefficient (Wildman–Crippen LogP) is 4.22. The van der Waals surface area contributed by atoms with Crippen LogP contribution in [0.5, 0.6) is 0 Å². The number of halogens is 2. The molecule has 0 unspecified atom stereocenters. The van der Waals surface area contributed by atoms with Gasteiger partial charge in [0.2, 0.25) is 0 Å². The molecule has 0 aliphatic rings. The highest BCUT2D eigenvalue weighted by atomic mass is 35.5. The average molecular weight is 442 g/mol. The number of primary amides is 1. The number of rotatable bonds is 5. The van der Waals surface area contributed by atoms with E-state index in [9.17, 15) is 4.79 Å². The van der Waals surface area contributed by atoms with Gasteiger partial charge in [0.1, 0.15) is 5.69 Å². The van der Waals surface area contributed by atoms with Crippen molar-refractivity contribution < 1.29 is 4.79 Å². The van der Waals surface area contributed by atoms with E-state index in [4.69, 9.17) is 28.9 Å². The second-order valence-electron chi connectivity index (χ2n) is 6.64. The van der Waals surface area contributed by atoms with Gasteiger partial charge in [0.25, 0.3) is 5.91 Å².